The highest BCUT2D eigenvalue weighted by molar-refractivity contribution is 5.54. The number of benzene rings is 1. The van der Waals surface area contributed by atoms with Crippen LogP contribution in [-0.4, -0.2) is 31.6 Å². The molecule has 1 rings (SSSR count). The van der Waals surface area contributed by atoms with E-state index < -0.39 is 31.6 Å². The summed E-state index contributed by atoms with van der Waals surface area (Å²) in [6.45, 7) is -3.13. The average molecular weight is 307 g/mol. The monoisotopic (exact) mass is 307 g/mol. The van der Waals surface area contributed by atoms with E-state index in [1.807, 2.05) is 0 Å². The normalized spacial score (nSPS) is 10.9. The van der Waals surface area contributed by atoms with E-state index in [4.69, 9.17) is 0 Å². The van der Waals surface area contributed by atoms with E-state index in [1.165, 1.54) is 0 Å². The minimum atomic E-state index is -0.836. The maximum Gasteiger partial charge on any atom is 0.273 e. The smallest absolute Gasteiger partial charge is 0.258 e. The number of hydrogen-bond acceptors (Lipinski definition) is 2. The van der Waals surface area contributed by atoms with Gasteiger partial charge in [0.05, 0.1) is 31.6 Å². The zero-order valence-electron chi connectivity index (χ0n) is 11.5. The molecule has 0 saturated heterocycles. The van der Waals surface area contributed by atoms with Crippen molar-refractivity contribution in [3.8, 4) is 0 Å². The van der Waals surface area contributed by atoms with Gasteiger partial charge in [0.1, 0.15) is 0 Å². The van der Waals surface area contributed by atoms with Crippen molar-refractivity contribution in [3.05, 3.63) is 38.4 Å². The molecule has 0 N–H and O–H groups in total. The Balaban J connectivity index is 3.56. The van der Waals surface area contributed by atoms with Crippen molar-refractivity contribution in [2.24, 2.45) is 0 Å². The van der Waals surface area contributed by atoms with Crippen LogP contribution in [0.5, 0.6) is 0 Å². The summed E-state index contributed by atoms with van der Waals surface area (Å²) in [6.07, 6.45) is -0.584. The van der Waals surface area contributed by atoms with Crippen LogP contribution in [0.1, 0.15) is 22.3 Å². The topological polar surface area (TPSA) is 43.1 Å². The SMILES string of the molecule is O=[N+]([O-])c1cc(CCF)c(CCF)c(CCF)c1CCF. The number of nitro benzene ring substituents is 1. The maximum absolute atomic E-state index is 12.7. The summed E-state index contributed by atoms with van der Waals surface area (Å²) in [4.78, 5) is 10.4. The number of rotatable bonds is 9. The van der Waals surface area contributed by atoms with Gasteiger partial charge in [-0.05, 0) is 16.7 Å². The average Bonchev–Trinajstić information content (AvgIpc) is 2.44. The minimum absolute atomic E-state index is 0.0814. The lowest BCUT2D eigenvalue weighted by molar-refractivity contribution is -0.385. The molecular weight excluding hydrogens is 290 g/mol. The highest BCUT2D eigenvalue weighted by Crippen LogP contribution is 2.31. The second kappa shape index (κ2) is 8.59. The molecule has 0 radical (unpaired) electrons. The summed E-state index contributed by atoms with van der Waals surface area (Å²) < 4.78 is 50.7. The van der Waals surface area contributed by atoms with Gasteiger partial charge in [0.25, 0.3) is 5.69 Å². The zero-order valence-corrected chi connectivity index (χ0v) is 11.5. The lowest BCUT2D eigenvalue weighted by atomic mass is 9.88. The van der Waals surface area contributed by atoms with E-state index >= 15 is 0 Å². The third kappa shape index (κ3) is 4.15. The van der Waals surface area contributed by atoms with Crippen LogP contribution >= 0.6 is 0 Å². The summed E-state index contributed by atoms with van der Waals surface area (Å²) in [5.74, 6) is 0. The number of halogens is 4. The second-order valence-electron chi connectivity index (χ2n) is 4.50. The Kier molecular flexibility index (Phi) is 7.11. The number of alkyl halides is 4. The Bertz CT molecular complexity index is 494. The fraction of sp³-hybridized carbons (Fsp3) is 0.571. The molecule has 1 aromatic carbocycles. The molecular formula is C14H17F4NO2. The summed E-state index contributed by atoms with van der Waals surface area (Å²) in [7, 11) is 0. The van der Waals surface area contributed by atoms with E-state index in [0.717, 1.165) is 6.07 Å². The molecule has 0 aliphatic carbocycles. The zero-order chi connectivity index (χ0) is 15.8. The first-order valence-electron chi connectivity index (χ1n) is 6.65. The second-order valence-corrected chi connectivity index (χ2v) is 4.50. The number of nitro groups is 1. The van der Waals surface area contributed by atoms with Crippen molar-refractivity contribution in [2.75, 3.05) is 26.7 Å². The molecule has 118 valence electrons. The van der Waals surface area contributed by atoms with Gasteiger partial charge in [-0.15, -0.1) is 0 Å². The summed E-state index contributed by atoms with van der Waals surface area (Å²) in [6, 6.07) is 1.16. The largest absolute Gasteiger partial charge is 0.273 e. The Labute approximate surface area is 120 Å². The molecule has 0 atom stereocenters. The van der Waals surface area contributed by atoms with E-state index in [1.54, 1.807) is 0 Å². The molecule has 0 aromatic heterocycles. The van der Waals surface area contributed by atoms with Crippen LogP contribution in [-0.2, 0) is 25.7 Å². The molecule has 0 aliphatic heterocycles. The Morgan fingerprint density at radius 3 is 1.76 bits per heavy atom. The van der Waals surface area contributed by atoms with Gasteiger partial charge >= 0.3 is 0 Å². The third-order valence-electron chi connectivity index (χ3n) is 3.33. The molecule has 3 nitrogen and oxygen atoms in total. The highest BCUT2D eigenvalue weighted by Gasteiger charge is 2.23. The van der Waals surface area contributed by atoms with Crippen LogP contribution in [0.3, 0.4) is 0 Å². The maximum atomic E-state index is 12.7. The molecule has 0 aliphatic rings. The van der Waals surface area contributed by atoms with Crippen LogP contribution < -0.4 is 0 Å². The highest BCUT2D eigenvalue weighted by atomic mass is 19.1. The first-order chi connectivity index (χ1) is 10.1. The van der Waals surface area contributed by atoms with E-state index in [9.17, 15) is 27.7 Å². The van der Waals surface area contributed by atoms with Crippen molar-refractivity contribution < 1.29 is 22.5 Å². The van der Waals surface area contributed by atoms with Gasteiger partial charge in [0.15, 0.2) is 0 Å². The van der Waals surface area contributed by atoms with Gasteiger partial charge in [0.2, 0.25) is 0 Å². The van der Waals surface area contributed by atoms with Crippen molar-refractivity contribution in [1.82, 2.24) is 0 Å². The minimum Gasteiger partial charge on any atom is -0.258 e. The molecule has 0 spiro atoms. The quantitative estimate of drug-likeness (QED) is 0.397. The Hall–Kier alpha value is -1.66. The molecule has 1 aromatic rings. The summed E-state index contributed by atoms with van der Waals surface area (Å²) >= 11 is 0. The van der Waals surface area contributed by atoms with Gasteiger partial charge in [-0.1, -0.05) is 0 Å². The predicted molar refractivity (Wildman–Crippen MR) is 71.8 cm³/mol. The van der Waals surface area contributed by atoms with Crippen molar-refractivity contribution in [1.29, 1.82) is 0 Å². The van der Waals surface area contributed by atoms with Crippen molar-refractivity contribution in [2.45, 2.75) is 25.7 Å². The van der Waals surface area contributed by atoms with Crippen molar-refractivity contribution >= 4 is 5.69 Å². The van der Waals surface area contributed by atoms with Gasteiger partial charge in [0, 0.05) is 37.3 Å². The molecule has 0 amide bonds. The first kappa shape index (κ1) is 17.4. The van der Waals surface area contributed by atoms with Crippen molar-refractivity contribution in [3.63, 3.8) is 0 Å². The van der Waals surface area contributed by atoms with E-state index in [-0.39, 0.29) is 42.5 Å². The van der Waals surface area contributed by atoms with Gasteiger partial charge in [-0.3, -0.25) is 27.7 Å². The molecule has 0 fully saturated rings. The van der Waals surface area contributed by atoms with E-state index in [2.05, 4.69) is 0 Å². The lowest BCUT2D eigenvalue weighted by Crippen LogP contribution is -2.11. The van der Waals surface area contributed by atoms with Gasteiger partial charge in [-0.25, -0.2) is 0 Å². The van der Waals surface area contributed by atoms with Crippen LogP contribution in [0.2, 0.25) is 0 Å². The predicted octanol–water partition coefficient (Wildman–Crippen LogP) is 3.64. The molecule has 0 heterocycles. The number of nitrogens with zero attached hydrogens (tertiary/aromatic N) is 1. The summed E-state index contributed by atoms with van der Waals surface area (Å²) in [5, 5.41) is 11.1. The molecule has 0 unspecified atom stereocenters. The molecule has 7 heteroatoms. The number of hydrogen-bond donors (Lipinski definition) is 0. The van der Waals surface area contributed by atoms with Crippen LogP contribution in [0.25, 0.3) is 0 Å². The Morgan fingerprint density at radius 1 is 0.810 bits per heavy atom. The van der Waals surface area contributed by atoms with Gasteiger partial charge < -0.3 is 0 Å². The van der Waals surface area contributed by atoms with Gasteiger partial charge in [-0.2, -0.15) is 0 Å². The number of aryl methyl sites for hydroxylation is 1. The standard InChI is InChI=1S/C14H17F4NO2/c15-5-1-10-9-14(19(20)21)13(4-8-18)12(3-7-17)11(10)2-6-16/h9H,1-8H2. The van der Waals surface area contributed by atoms with Crippen LogP contribution in [0, 0.1) is 10.1 Å². The van der Waals surface area contributed by atoms with Crippen LogP contribution in [0.4, 0.5) is 23.2 Å². The molecule has 0 bridgehead atoms. The van der Waals surface area contributed by atoms with E-state index in [0.29, 0.717) is 11.1 Å². The van der Waals surface area contributed by atoms with Crippen LogP contribution in [0.15, 0.2) is 6.07 Å². The lowest BCUT2D eigenvalue weighted by Gasteiger charge is -2.17. The Morgan fingerprint density at radius 2 is 1.29 bits per heavy atom. The molecule has 0 saturated carbocycles. The third-order valence-corrected chi connectivity index (χ3v) is 3.33. The fourth-order valence-electron chi connectivity index (χ4n) is 2.53. The first-order valence-corrected chi connectivity index (χ1v) is 6.65. The summed E-state index contributed by atoms with van der Waals surface area (Å²) in [5.41, 5.74) is 0.675. The molecule has 21 heavy (non-hydrogen) atoms. The fourth-order valence-corrected chi connectivity index (χ4v) is 2.53.